The molecule has 2 rings (SSSR count). The third kappa shape index (κ3) is 4.72. The van der Waals surface area contributed by atoms with E-state index in [1.54, 1.807) is 0 Å². The number of rotatable bonds is 7. The summed E-state index contributed by atoms with van der Waals surface area (Å²) in [5, 5.41) is 9.62. The fourth-order valence-electron chi connectivity index (χ4n) is 4.55. The highest BCUT2D eigenvalue weighted by atomic mass is 15.2. The maximum Gasteiger partial charge on any atom is 0.0689 e. The van der Waals surface area contributed by atoms with E-state index < -0.39 is 0 Å². The van der Waals surface area contributed by atoms with Gasteiger partial charge in [-0.3, -0.25) is 0 Å². The molecule has 0 aromatic carbocycles. The third-order valence-corrected chi connectivity index (χ3v) is 6.29. The van der Waals surface area contributed by atoms with Gasteiger partial charge in [-0.1, -0.05) is 46.0 Å². The monoisotopic (exact) mass is 304 g/mol. The van der Waals surface area contributed by atoms with Crippen molar-refractivity contribution in [3.8, 4) is 6.07 Å². The predicted molar refractivity (Wildman–Crippen MR) is 93.6 cm³/mol. The van der Waals surface area contributed by atoms with Crippen LogP contribution in [0.25, 0.3) is 0 Å². The zero-order valence-electron chi connectivity index (χ0n) is 14.9. The number of hydrogen-bond donors (Lipinski definition) is 0. The summed E-state index contributed by atoms with van der Waals surface area (Å²) in [5.74, 6) is 0.988. The second-order valence-corrected chi connectivity index (χ2v) is 7.85. The van der Waals surface area contributed by atoms with Crippen molar-refractivity contribution < 1.29 is 0 Å². The van der Waals surface area contributed by atoms with E-state index in [9.17, 15) is 5.26 Å². The van der Waals surface area contributed by atoms with E-state index in [4.69, 9.17) is 0 Å². The fraction of sp³-hybridized carbons (Fsp3) is 0.950. The first-order valence-corrected chi connectivity index (χ1v) is 9.88. The molecule has 2 fully saturated rings. The molecular formula is C20H36N2. The van der Waals surface area contributed by atoms with Crippen molar-refractivity contribution in [1.82, 2.24) is 4.90 Å². The van der Waals surface area contributed by atoms with Crippen LogP contribution in [0.1, 0.15) is 90.9 Å². The van der Waals surface area contributed by atoms with Crippen molar-refractivity contribution in [3.05, 3.63) is 0 Å². The molecule has 1 heterocycles. The normalized spacial score (nSPS) is 31.0. The van der Waals surface area contributed by atoms with Crippen molar-refractivity contribution in [3.63, 3.8) is 0 Å². The van der Waals surface area contributed by atoms with Crippen molar-refractivity contribution in [1.29, 1.82) is 5.26 Å². The van der Waals surface area contributed by atoms with Gasteiger partial charge in [0.1, 0.15) is 0 Å². The van der Waals surface area contributed by atoms with Crippen molar-refractivity contribution in [2.45, 2.75) is 96.9 Å². The van der Waals surface area contributed by atoms with Gasteiger partial charge in [0.2, 0.25) is 0 Å². The summed E-state index contributed by atoms with van der Waals surface area (Å²) >= 11 is 0. The van der Waals surface area contributed by atoms with Gasteiger partial charge in [-0.25, -0.2) is 0 Å². The minimum Gasteiger partial charge on any atom is -0.300 e. The molecular weight excluding hydrogens is 268 g/mol. The Morgan fingerprint density at radius 3 is 2.18 bits per heavy atom. The second-order valence-electron chi connectivity index (χ2n) is 7.85. The molecule has 0 unspecified atom stereocenters. The first kappa shape index (κ1) is 17.8. The van der Waals surface area contributed by atoms with E-state index in [1.165, 1.54) is 70.9 Å². The maximum atomic E-state index is 9.62. The molecule has 2 aliphatic rings. The Morgan fingerprint density at radius 2 is 1.64 bits per heavy atom. The molecule has 0 aromatic rings. The topological polar surface area (TPSA) is 27.0 Å². The molecule has 0 amide bonds. The van der Waals surface area contributed by atoms with Crippen LogP contribution in [0, 0.1) is 22.7 Å². The van der Waals surface area contributed by atoms with Crippen LogP contribution < -0.4 is 0 Å². The van der Waals surface area contributed by atoms with Gasteiger partial charge in [0.15, 0.2) is 0 Å². The molecule has 0 bridgehead atoms. The van der Waals surface area contributed by atoms with Crippen LogP contribution in [-0.2, 0) is 0 Å². The summed E-state index contributed by atoms with van der Waals surface area (Å²) in [4.78, 5) is 2.75. The molecule has 1 saturated heterocycles. The molecule has 1 aliphatic carbocycles. The number of hydrogen-bond acceptors (Lipinski definition) is 2. The SMILES string of the molecule is CCCCC1CCN([C@H]2CC[C@@](C#N)(CCCC)CC2)CC1. The van der Waals surface area contributed by atoms with Gasteiger partial charge in [-0.15, -0.1) is 0 Å². The molecule has 126 valence electrons. The molecule has 0 atom stereocenters. The summed E-state index contributed by atoms with van der Waals surface area (Å²) in [5.41, 5.74) is 0.0198. The van der Waals surface area contributed by atoms with Gasteiger partial charge in [-0.2, -0.15) is 5.26 Å². The quantitative estimate of drug-likeness (QED) is 0.618. The van der Waals surface area contributed by atoms with Crippen LogP contribution in [0.5, 0.6) is 0 Å². The molecule has 2 heteroatoms. The Kier molecular flexibility index (Phi) is 7.22. The zero-order chi connectivity index (χ0) is 15.8. The number of likely N-dealkylation sites (tertiary alicyclic amines) is 1. The molecule has 0 spiro atoms. The third-order valence-electron chi connectivity index (χ3n) is 6.29. The van der Waals surface area contributed by atoms with Gasteiger partial charge >= 0.3 is 0 Å². The summed E-state index contributed by atoms with van der Waals surface area (Å²) in [7, 11) is 0. The second kappa shape index (κ2) is 8.92. The number of nitrogens with zero attached hydrogens (tertiary/aromatic N) is 2. The molecule has 0 N–H and O–H groups in total. The Labute approximate surface area is 138 Å². The van der Waals surface area contributed by atoms with Crippen LogP contribution >= 0.6 is 0 Å². The Hall–Kier alpha value is -0.550. The summed E-state index contributed by atoms with van der Waals surface area (Å²) in [6.45, 7) is 7.16. The number of nitriles is 1. The van der Waals surface area contributed by atoms with Crippen molar-refractivity contribution >= 4 is 0 Å². The van der Waals surface area contributed by atoms with Crippen LogP contribution in [-0.4, -0.2) is 24.0 Å². The lowest BCUT2D eigenvalue weighted by molar-refractivity contribution is 0.0757. The van der Waals surface area contributed by atoms with E-state index in [-0.39, 0.29) is 5.41 Å². The molecule has 0 aromatic heterocycles. The largest absolute Gasteiger partial charge is 0.300 e. The summed E-state index contributed by atoms with van der Waals surface area (Å²) in [6, 6.07) is 3.46. The number of piperidine rings is 1. The molecule has 1 aliphatic heterocycles. The van der Waals surface area contributed by atoms with Gasteiger partial charge in [0.05, 0.1) is 11.5 Å². The van der Waals surface area contributed by atoms with Gasteiger partial charge in [0.25, 0.3) is 0 Å². The highest BCUT2D eigenvalue weighted by Gasteiger charge is 2.37. The highest BCUT2D eigenvalue weighted by molar-refractivity contribution is 5.02. The summed E-state index contributed by atoms with van der Waals surface area (Å²) in [6.07, 6.45) is 15.4. The standard InChI is InChI=1S/C20H36N2/c1-3-5-7-18-10-15-22(16-11-18)19-8-13-20(17-21,14-9-19)12-6-4-2/h18-19H,3-16H2,1-2H3/t19-,20-. The smallest absolute Gasteiger partial charge is 0.0689 e. The average molecular weight is 305 g/mol. The molecule has 0 radical (unpaired) electrons. The van der Waals surface area contributed by atoms with E-state index in [2.05, 4.69) is 24.8 Å². The minimum absolute atomic E-state index is 0.0198. The molecule has 1 saturated carbocycles. The van der Waals surface area contributed by atoms with Gasteiger partial charge < -0.3 is 4.90 Å². The van der Waals surface area contributed by atoms with Crippen LogP contribution in [0.3, 0.4) is 0 Å². The zero-order valence-corrected chi connectivity index (χ0v) is 14.9. The lowest BCUT2D eigenvalue weighted by atomic mass is 9.70. The molecule has 22 heavy (non-hydrogen) atoms. The van der Waals surface area contributed by atoms with E-state index >= 15 is 0 Å². The van der Waals surface area contributed by atoms with Crippen LogP contribution in [0.15, 0.2) is 0 Å². The maximum absolute atomic E-state index is 9.62. The van der Waals surface area contributed by atoms with Crippen molar-refractivity contribution in [2.75, 3.05) is 13.1 Å². The Bertz CT molecular complexity index is 341. The average Bonchev–Trinajstić information content (AvgIpc) is 2.59. The van der Waals surface area contributed by atoms with Crippen LogP contribution in [0.2, 0.25) is 0 Å². The highest BCUT2D eigenvalue weighted by Crippen LogP contribution is 2.42. The van der Waals surface area contributed by atoms with E-state index in [0.29, 0.717) is 0 Å². The first-order valence-electron chi connectivity index (χ1n) is 9.88. The molecule has 2 nitrogen and oxygen atoms in total. The lowest BCUT2D eigenvalue weighted by Crippen LogP contribution is -2.44. The predicted octanol–water partition coefficient (Wildman–Crippen LogP) is 5.53. The van der Waals surface area contributed by atoms with E-state index in [0.717, 1.165) is 31.2 Å². The lowest BCUT2D eigenvalue weighted by Gasteiger charge is -2.43. The Balaban J connectivity index is 1.74. The summed E-state index contributed by atoms with van der Waals surface area (Å²) < 4.78 is 0. The fourth-order valence-corrected chi connectivity index (χ4v) is 4.55. The minimum atomic E-state index is 0.0198. The van der Waals surface area contributed by atoms with Gasteiger partial charge in [0, 0.05) is 6.04 Å². The van der Waals surface area contributed by atoms with E-state index in [1.807, 2.05) is 0 Å². The van der Waals surface area contributed by atoms with Crippen LogP contribution in [0.4, 0.5) is 0 Å². The van der Waals surface area contributed by atoms with Crippen molar-refractivity contribution in [2.24, 2.45) is 11.3 Å². The van der Waals surface area contributed by atoms with Gasteiger partial charge in [-0.05, 0) is 64.0 Å². The Morgan fingerprint density at radius 1 is 1.00 bits per heavy atom. The first-order chi connectivity index (χ1) is 10.7. The number of unbranched alkanes of at least 4 members (excludes halogenated alkanes) is 2.